The van der Waals surface area contributed by atoms with Crippen molar-refractivity contribution in [2.45, 2.75) is 6.42 Å². The Morgan fingerprint density at radius 2 is 2.25 bits per heavy atom. The molecule has 0 amide bonds. The largest absolute Gasteiger partial charge is 0.395 e. The van der Waals surface area contributed by atoms with Crippen LogP contribution in [0.4, 0.5) is 0 Å². The summed E-state index contributed by atoms with van der Waals surface area (Å²) in [6.45, 7) is 1.73. The van der Waals surface area contributed by atoms with E-state index in [9.17, 15) is 0 Å². The van der Waals surface area contributed by atoms with E-state index in [-0.39, 0.29) is 6.61 Å². The van der Waals surface area contributed by atoms with Gasteiger partial charge in [-0.1, -0.05) is 6.07 Å². The molecule has 0 saturated heterocycles. The van der Waals surface area contributed by atoms with E-state index in [0.29, 0.717) is 6.54 Å². The highest BCUT2D eigenvalue weighted by atomic mass is 16.3. The highest BCUT2D eigenvalue weighted by Gasteiger charge is 1.90. The fourth-order valence-corrected chi connectivity index (χ4v) is 0.967. The number of pyridine rings is 1. The third-order valence-electron chi connectivity index (χ3n) is 1.57. The van der Waals surface area contributed by atoms with Crippen LogP contribution in [0.2, 0.25) is 0 Å². The molecule has 0 aromatic carbocycles. The first-order valence-electron chi connectivity index (χ1n) is 4.15. The summed E-state index contributed by atoms with van der Waals surface area (Å²) in [7, 11) is 0. The number of hydrogen-bond donors (Lipinski definition) is 2. The Balaban J connectivity index is 2.16. The molecule has 0 bridgehead atoms. The van der Waals surface area contributed by atoms with Crippen molar-refractivity contribution in [3.63, 3.8) is 0 Å². The Morgan fingerprint density at radius 3 is 2.92 bits per heavy atom. The molecule has 2 N–H and O–H groups in total. The number of nitrogens with zero attached hydrogens (tertiary/aromatic N) is 1. The van der Waals surface area contributed by atoms with Crippen molar-refractivity contribution in [2.24, 2.45) is 0 Å². The van der Waals surface area contributed by atoms with Gasteiger partial charge in [0.2, 0.25) is 0 Å². The zero-order chi connectivity index (χ0) is 8.65. The summed E-state index contributed by atoms with van der Waals surface area (Å²) in [6.07, 6.45) is 2.71. The molecular weight excluding hydrogens is 152 g/mol. The minimum atomic E-state index is 0.197. The third-order valence-corrected chi connectivity index (χ3v) is 1.57. The molecule has 1 rings (SSSR count). The maximum atomic E-state index is 8.49. The first-order valence-corrected chi connectivity index (χ1v) is 4.15. The maximum Gasteiger partial charge on any atom is 0.0555 e. The van der Waals surface area contributed by atoms with Gasteiger partial charge in [-0.25, -0.2) is 0 Å². The van der Waals surface area contributed by atoms with E-state index in [4.69, 9.17) is 5.11 Å². The lowest BCUT2D eigenvalue weighted by molar-refractivity contribution is 0.292. The molecule has 0 aliphatic heterocycles. The Hall–Kier alpha value is -0.930. The topological polar surface area (TPSA) is 45.1 Å². The molecule has 0 radical (unpaired) electrons. The van der Waals surface area contributed by atoms with Crippen LogP contribution < -0.4 is 5.32 Å². The van der Waals surface area contributed by atoms with Gasteiger partial charge in [0.1, 0.15) is 0 Å². The van der Waals surface area contributed by atoms with Crippen LogP contribution in [0.1, 0.15) is 5.69 Å². The first kappa shape index (κ1) is 9.16. The van der Waals surface area contributed by atoms with E-state index < -0.39 is 0 Å². The van der Waals surface area contributed by atoms with E-state index in [1.165, 1.54) is 0 Å². The maximum absolute atomic E-state index is 8.49. The van der Waals surface area contributed by atoms with Crippen LogP contribution in [-0.4, -0.2) is 29.8 Å². The quantitative estimate of drug-likeness (QED) is 0.614. The van der Waals surface area contributed by atoms with Gasteiger partial charge < -0.3 is 10.4 Å². The molecule has 0 unspecified atom stereocenters. The Morgan fingerprint density at radius 1 is 1.33 bits per heavy atom. The van der Waals surface area contributed by atoms with E-state index in [1.807, 2.05) is 18.2 Å². The van der Waals surface area contributed by atoms with Gasteiger partial charge in [-0.3, -0.25) is 4.98 Å². The van der Waals surface area contributed by atoms with Crippen molar-refractivity contribution < 1.29 is 5.11 Å². The molecule has 3 heteroatoms. The van der Waals surface area contributed by atoms with Crippen LogP contribution in [0.15, 0.2) is 24.4 Å². The van der Waals surface area contributed by atoms with Crippen LogP contribution in [-0.2, 0) is 6.42 Å². The molecule has 1 heterocycles. The van der Waals surface area contributed by atoms with Crippen molar-refractivity contribution in [1.82, 2.24) is 10.3 Å². The average molecular weight is 166 g/mol. The summed E-state index contributed by atoms with van der Waals surface area (Å²) in [6, 6.07) is 5.89. The number of rotatable bonds is 5. The van der Waals surface area contributed by atoms with E-state index in [1.54, 1.807) is 6.20 Å². The lowest BCUT2D eigenvalue weighted by atomic mass is 10.3. The van der Waals surface area contributed by atoms with E-state index in [2.05, 4.69) is 10.3 Å². The number of hydrogen-bond acceptors (Lipinski definition) is 3. The van der Waals surface area contributed by atoms with Crippen LogP contribution in [0.25, 0.3) is 0 Å². The zero-order valence-corrected chi connectivity index (χ0v) is 7.03. The minimum Gasteiger partial charge on any atom is -0.395 e. The van der Waals surface area contributed by atoms with Gasteiger partial charge in [0, 0.05) is 31.4 Å². The fourth-order valence-electron chi connectivity index (χ4n) is 0.967. The van der Waals surface area contributed by atoms with E-state index in [0.717, 1.165) is 18.7 Å². The fraction of sp³-hybridized carbons (Fsp3) is 0.444. The first-order chi connectivity index (χ1) is 5.93. The molecular formula is C9H14N2O. The third kappa shape index (κ3) is 3.46. The highest BCUT2D eigenvalue weighted by Crippen LogP contribution is 1.92. The van der Waals surface area contributed by atoms with Crippen molar-refractivity contribution in [1.29, 1.82) is 0 Å². The molecule has 0 fully saturated rings. The van der Waals surface area contributed by atoms with Gasteiger partial charge in [-0.15, -0.1) is 0 Å². The normalized spacial score (nSPS) is 10.1. The smallest absolute Gasteiger partial charge is 0.0555 e. The summed E-state index contributed by atoms with van der Waals surface area (Å²) in [5.74, 6) is 0. The van der Waals surface area contributed by atoms with Crippen LogP contribution in [0, 0.1) is 0 Å². The molecule has 1 aromatic rings. The summed E-state index contributed by atoms with van der Waals surface area (Å²) < 4.78 is 0. The predicted molar refractivity (Wildman–Crippen MR) is 47.9 cm³/mol. The van der Waals surface area contributed by atoms with E-state index >= 15 is 0 Å². The van der Waals surface area contributed by atoms with Gasteiger partial charge in [-0.2, -0.15) is 0 Å². The molecule has 66 valence electrons. The minimum absolute atomic E-state index is 0.197. The summed E-state index contributed by atoms with van der Waals surface area (Å²) >= 11 is 0. The number of nitrogens with one attached hydrogen (secondary N) is 1. The van der Waals surface area contributed by atoms with Gasteiger partial charge in [0.05, 0.1) is 6.61 Å². The van der Waals surface area contributed by atoms with Crippen molar-refractivity contribution in [2.75, 3.05) is 19.7 Å². The Labute approximate surface area is 72.5 Å². The molecule has 0 saturated carbocycles. The number of aromatic nitrogens is 1. The molecule has 3 nitrogen and oxygen atoms in total. The number of aliphatic hydroxyl groups is 1. The molecule has 0 aliphatic carbocycles. The molecule has 1 aromatic heterocycles. The van der Waals surface area contributed by atoms with Crippen molar-refractivity contribution >= 4 is 0 Å². The lowest BCUT2D eigenvalue weighted by Gasteiger charge is -2.01. The van der Waals surface area contributed by atoms with Crippen LogP contribution in [0.3, 0.4) is 0 Å². The van der Waals surface area contributed by atoms with Crippen molar-refractivity contribution in [3.8, 4) is 0 Å². The second-order valence-electron chi connectivity index (χ2n) is 2.54. The summed E-state index contributed by atoms with van der Waals surface area (Å²) in [5, 5.41) is 11.6. The van der Waals surface area contributed by atoms with Gasteiger partial charge in [0.25, 0.3) is 0 Å². The standard InChI is InChI=1S/C9H14N2O/c12-8-7-10-6-4-9-3-1-2-5-11-9/h1-3,5,10,12H,4,6-8H2. The molecule has 0 aliphatic rings. The number of aliphatic hydroxyl groups excluding tert-OH is 1. The van der Waals surface area contributed by atoms with Gasteiger partial charge in [0.15, 0.2) is 0 Å². The van der Waals surface area contributed by atoms with Gasteiger partial charge >= 0.3 is 0 Å². The monoisotopic (exact) mass is 166 g/mol. The highest BCUT2D eigenvalue weighted by molar-refractivity contribution is 5.03. The second-order valence-corrected chi connectivity index (χ2v) is 2.54. The lowest BCUT2D eigenvalue weighted by Crippen LogP contribution is -2.21. The molecule has 0 atom stereocenters. The average Bonchev–Trinajstić information content (AvgIpc) is 2.14. The summed E-state index contributed by atoms with van der Waals surface area (Å²) in [4.78, 5) is 4.17. The Bertz CT molecular complexity index is 201. The SMILES string of the molecule is OCCNCCc1ccccn1. The predicted octanol–water partition coefficient (Wildman–Crippen LogP) is 0.206. The Kier molecular flexibility index (Phi) is 4.34. The second kappa shape index (κ2) is 5.69. The zero-order valence-electron chi connectivity index (χ0n) is 7.03. The van der Waals surface area contributed by atoms with Gasteiger partial charge in [-0.05, 0) is 12.1 Å². The van der Waals surface area contributed by atoms with Crippen molar-refractivity contribution in [3.05, 3.63) is 30.1 Å². The molecule has 12 heavy (non-hydrogen) atoms. The van der Waals surface area contributed by atoms with Crippen LogP contribution >= 0.6 is 0 Å². The van der Waals surface area contributed by atoms with Crippen LogP contribution in [0.5, 0.6) is 0 Å². The molecule has 0 spiro atoms. The summed E-state index contributed by atoms with van der Waals surface area (Å²) in [5.41, 5.74) is 1.09.